The number of allylic oxidation sites excluding steroid dienone is 4. The summed E-state index contributed by atoms with van der Waals surface area (Å²) in [6.07, 6.45) is 32.7. The maximum Gasteiger partial charge on any atom is 0.0622 e. The zero-order valence-electron chi connectivity index (χ0n) is 36.0. The molecule has 0 amide bonds. The van der Waals surface area contributed by atoms with Crippen LogP contribution < -0.4 is 10.6 Å². The number of hydrogen-bond acceptors (Lipinski definition) is 4. The van der Waals surface area contributed by atoms with Crippen LogP contribution in [0.3, 0.4) is 0 Å². The summed E-state index contributed by atoms with van der Waals surface area (Å²) in [5, 5.41) is 6.99. The summed E-state index contributed by atoms with van der Waals surface area (Å²) in [5.74, 6) is 6.61. The van der Waals surface area contributed by atoms with E-state index in [0.717, 1.165) is 74.9 Å². The molecule has 0 aromatic heterocycles. The average molecular weight is 727 g/mol. The van der Waals surface area contributed by atoms with Crippen molar-refractivity contribution in [1.82, 2.24) is 20.4 Å². The van der Waals surface area contributed by atoms with E-state index in [0.29, 0.717) is 5.92 Å². The lowest BCUT2D eigenvalue weighted by Gasteiger charge is -2.26. The van der Waals surface area contributed by atoms with Gasteiger partial charge < -0.3 is 20.4 Å². The Hall–Kier alpha value is -3.60. The van der Waals surface area contributed by atoms with Crippen molar-refractivity contribution in [3.05, 3.63) is 96.5 Å². The Labute approximate surface area is 330 Å². The van der Waals surface area contributed by atoms with Gasteiger partial charge in [0.25, 0.3) is 0 Å². The summed E-state index contributed by atoms with van der Waals surface area (Å²) in [6, 6.07) is 10.4. The number of nitrogens with zero attached hydrogens (tertiary/aromatic N) is 2. The molecule has 0 spiro atoms. The lowest BCUT2D eigenvalue weighted by molar-refractivity contribution is 0.298. The fourth-order valence-electron chi connectivity index (χ4n) is 5.73. The first kappa shape index (κ1) is 51.5. The fraction of sp³-hybridized carbons (Fsp3) is 0.592. The van der Waals surface area contributed by atoms with Gasteiger partial charge in [0.05, 0.1) is 6.04 Å². The number of rotatable bonds is 19. The molecule has 2 unspecified atom stereocenters. The maximum atomic E-state index is 5.32. The number of terminal acetylenes is 2. The van der Waals surface area contributed by atoms with Gasteiger partial charge in [0.1, 0.15) is 0 Å². The monoisotopic (exact) mass is 727 g/mol. The quantitative estimate of drug-likeness (QED) is 0.110. The number of hydrogen-bond donors (Lipinski definition) is 2. The Morgan fingerprint density at radius 2 is 1.58 bits per heavy atom. The van der Waals surface area contributed by atoms with E-state index in [1.165, 1.54) is 68.9 Å². The highest BCUT2D eigenvalue weighted by Gasteiger charge is 2.11. The van der Waals surface area contributed by atoms with Crippen LogP contribution in [0.1, 0.15) is 131 Å². The molecule has 3 rings (SSSR count). The molecule has 1 aromatic rings. The van der Waals surface area contributed by atoms with Gasteiger partial charge in [-0.2, -0.15) is 0 Å². The van der Waals surface area contributed by atoms with Crippen molar-refractivity contribution in [3.63, 3.8) is 0 Å². The SMILES string of the molecule is C#CC.C#CCCCCC(C)CNC(=C)C(C)NC(=C)CCC(=C)N(C)CCN(C)CC1=CCCC=C1.CC.CC1CCCCC1.Cc1ccccc1. The van der Waals surface area contributed by atoms with Crippen molar-refractivity contribution in [2.45, 2.75) is 138 Å². The second-order valence-corrected chi connectivity index (χ2v) is 14.6. The van der Waals surface area contributed by atoms with Crippen LogP contribution in [-0.4, -0.2) is 56.1 Å². The van der Waals surface area contributed by atoms with E-state index >= 15 is 0 Å². The van der Waals surface area contributed by atoms with Crippen molar-refractivity contribution in [2.75, 3.05) is 40.3 Å². The van der Waals surface area contributed by atoms with Crippen LogP contribution in [0.4, 0.5) is 0 Å². The standard InChI is InChI=1S/C30H50N4.C7H14.C7H8.C3H4.C2H6/c1-9-10-11-13-16-25(2)23-31-28(5)29(6)32-26(3)19-20-27(4)34(8)22-21-33(7)24-30-17-14-12-15-18-30;2*1-7-5-3-2-4-6-7;1-3-2;1-2/h1,14,17-18,25,29,31-32H,3-5,10-13,15-16,19-24H2,2,6-8H3;7H,2-6H2,1H3;2-6H,1H3;1H,2H3;1-2H3. The first-order valence-electron chi connectivity index (χ1n) is 20.6. The molecule has 2 N–H and O–H groups in total. The molecule has 0 saturated heterocycles. The third-order valence-corrected chi connectivity index (χ3v) is 9.32. The average Bonchev–Trinajstić information content (AvgIpc) is 3.16. The van der Waals surface area contributed by atoms with E-state index in [4.69, 9.17) is 6.42 Å². The molecule has 1 saturated carbocycles. The Balaban J connectivity index is 0. The molecule has 4 nitrogen and oxygen atoms in total. The second-order valence-electron chi connectivity index (χ2n) is 14.6. The van der Waals surface area contributed by atoms with Crippen LogP contribution >= 0.6 is 0 Å². The lowest BCUT2D eigenvalue weighted by atomic mass is 9.91. The number of benzene rings is 1. The third kappa shape index (κ3) is 31.6. The number of likely N-dealkylation sites (N-methyl/N-ethyl adjacent to an activating group) is 2. The van der Waals surface area contributed by atoms with Crippen molar-refractivity contribution in [3.8, 4) is 24.7 Å². The van der Waals surface area contributed by atoms with Gasteiger partial charge in [0.15, 0.2) is 0 Å². The zero-order chi connectivity index (χ0) is 40.3. The van der Waals surface area contributed by atoms with Gasteiger partial charge in [-0.3, -0.25) is 0 Å². The lowest BCUT2D eigenvalue weighted by Crippen LogP contribution is -2.35. The maximum absolute atomic E-state index is 5.32. The predicted molar refractivity (Wildman–Crippen MR) is 240 cm³/mol. The summed E-state index contributed by atoms with van der Waals surface area (Å²) in [7, 11) is 4.32. The molecule has 2 aliphatic carbocycles. The summed E-state index contributed by atoms with van der Waals surface area (Å²) in [6.45, 7) is 31.2. The minimum absolute atomic E-state index is 0.143. The van der Waals surface area contributed by atoms with E-state index in [9.17, 15) is 0 Å². The molecule has 4 heteroatoms. The summed E-state index contributed by atoms with van der Waals surface area (Å²) in [5.41, 5.74) is 5.94. The molecular weight excluding hydrogens is 645 g/mol. The molecule has 53 heavy (non-hydrogen) atoms. The normalized spacial score (nSPS) is 14.2. The number of nitrogens with one attached hydrogen (secondary N) is 2. The van der Waals surface area contributed by atoms with Crippen LogP contribution in [0.2, 0.25) is 0 Å². The van der Waals surface area contributed by atoms with Crippen molar-refractivity contribution >= 4 is 0 Å². The van der Waals surface area contributed by atoms with Crippen LogP contribution in [0.15, 0.2) is 91.0 Å². The molecule has 1 fully saturated rings. The highest BCUT2D eigenvalue weighted by atomic mass is 15.2. The van der Waals surface area contributed by atoms with E-state index < -0.39 is 0 Å². The summed E-state index contributed by atoms with van der Waals surface area (Å²) in [4.78, 5) is 4.65. The second kappa shape index (κ2) is 35.4. The topological polar surface area (TPSA) is 30.5 Å². The Kier molecular flexibility index (Phi) is 34.4. The Morgan fingerprint density at radius 1 is 0.943 bits per heavy atom. The molecule has 0 aliphatic heterocycles. The van der Waals surface area contributed by atoms with E-state index in [1.54, 1.807) is 6.92 Å². The third-order valence-electron chi connectivity index (χ3n) is 9.32. The van der Waals surface area contributed by atoms with Crippen LogP contribution in [-0.2, 0) is 0 Å². The van der Waals surface area contributed by atoms with Crippen molar-refractivity contribution in [1.29, 1.82) is 0 Å². The summed E-state index contributed by atoms with van der Waals surface area (Å²) >= 11 is 0. The highest BCUT2D eigenvalue weighted by Crippen LogP contribution is 2.22. The Morgan fingerprint density at radius 3 is 2.09 bits per heavy atom. The van der Waals surface area contributed by atoms with E-state index in [-0.39, 0.29) is 6.04 Å². The summed E-state index contributed by atoms with van der Waals surface area (Å²) < 4.78 is 0. The molecule has 2 aliphatic rings. The number of unbranched alkanes of at least 4 members (excludes halogenated alkanes) is 2. The van der Waals surface area contributed by atoms with Gasteiger partial charge >= 0.3 is 0 Å². The van der Waals surface area contributed by atoms with Gasteiger partial charge in [-0.05, 0) is 83.8 Å². The minimum atomic E-state index is 0.143. The predicted octanol–water partition coefficient (Wildman–Crippen LogP) is 12.1. The Bertz CT molecular complexity index is 1210. The van der Waals surface area contributed by atoms with Gasteiger partial charge in [0, 0.05) is 56.7 Å². The molecule has 1 aromatic carbocycles. The largest absolute Gasteiger partial charge is 0.387 e. The molecular formula is C49H82N4. The smallest absolute Gasteiger partial charge is 0.0622 e. The van der Waals surface area contributed by atoms with Crippen molar-refractivity contribution < 1.29 is 0 Å². The molecule has 298 valence electrons. The van der Waals surface area contributed by atoms with Crippen LogP contribution in [0.25, 0.3) is 0 Å². The van der Waals surface area contributed by atoms with Crippen molar-refractivity contribution in [2.24, 2.45) is 11.8 Å². The van der Waals surface area contributed by atoms with E-state index in [2.05, 4.69) is 131 Å². The van der Waals surface area contributed by atoms with Crippen LogP contribution in [0.5, 0.6) is 0 Å². The van der Waals surface area contributed by atoms with Gasteiger partial charge in [-0.1, -0.05) is 140 Å². The number of aryl methyl sites for hydroxylation is 1. The zero-order valence-corrected chi connectivity index (χ0v) is 36.0. The fourth-order valence-corrected chi connectivity index (χ4v) is 5.73. The first-order chi connectivity index (χ1) is 25.4. The van der Waals surface area contributed by atoms with Gasteiger partial charge in [0.2, 0.25) is 0 Å². The molecule has 0 bridgehead atoms. The van der Waals surface area contributed by atoms with Gasteiger partial charge in [-0.15, -0.1) is 24.7 Å². The van der Waals surface area contributed by atoms with E-state index in [1.807, 2.05) is 32.0 Å². The first-order valence-corrected chi connectivity index (χ1v) is 20.6. The van der Waals surface area contributed by atoms with Crippen LogP contribution in [0, 0.1) is 43.4 Å². The highest BCUT2D eigenvalue weighted by molar-refractivity contribution is 5.23. The molecule has 0 radical (unpaired) electrons. The van der Waals surface area contributed by atoms with Gasteiger partial charge in [-0.25, -0.2) is 0 Å². The molecule has 2 atom stereocenters. The minimum Gasteiger partial charge on any atom is -0.387 e. The molecule has 0 heterocycles.